The van der Waals surface area contributed by atoms with Gasteiger partial charge in [-0.15, -0.1) is 6.58 Å². The van der Waals surface area contributed by atoms with Gasteiger partial charge < -0.3 is 9.84 Å². The van der Waals surface area contributed by atoms with Crippen molar-refractivity contribution in [3.8, 4) is 5.75 Å². The van der Waals surface area contributed by atoms with Crippen molar-refractivity contribution in [2.24, 2.45) is 0 Å². The van der Waals surface area contributed by atoms with Gasteiger partial charge in [-0.1, -0.05) is 6.08 Å². The topological polar surface area (TPSA) is 72.6 Å². The Hall–Kier alpha value is -1.88. The van der Waals surface area contributed by atoms with Gasteiger partial charge in [0, 0.05) is 17.7 Å². The van der Waals surface area contributed by atoms with Crippen LogP contribution in [0.15, 0.2) is 30.9 Å². The van der Waals surface area contributed by atoms with E-state index in [9.17, 15) is 15.2 Å². The van der Waals surface area contributed by atoms with E-state index < -0.39 is 11.0 Å². The average molecular weight is 237 g/mol. The molecule has 1 aromatic rings. The van der Waals surface area contributed by atoms with Crippen LogP contribution in [0, 0.1) is 10.1 Å². The van der Waals surface area contributed by atoms with Crippen molar-refractivity contribution in [1.29, 1.82) is 0 Å². The zero-order valence-corrected chi connectivity index (χ0v) is 9.63. The molecule has 0 saturated heterocycles. The van der Waals surface area contributed by atoms with Gasteiger partial charge in [0.1, 0.15) is 5.75 Å². The summed E-state index contributed by atoms with van der Waals surface area (Å²) in [6, 6.07) is 4.19. The molecule has 0 unspecified atom stereocenters. The highest BCUT2D eigenvalue weighted by molar-refractivity contribution is 5.44. The molecule has 1 rings (SSSR count). The van der Waals surface area contributed by atoms with E-state index in [1.165, 1.54) is 18.2 Å². The summed E-state index contributed by atoms with van der Waals surface area (Å²) in [7, 11) is 0. The van der Waals surface area contributed by atoms with Gasteiger partial charge in [0.25, 0.3) is 5.69 Å². The number of hydrogen-bond acceptors (Lipinski definition) is 4. The molecule has 0 heterocycles. The smallest absolute Gasteiger partial charge is 0.270 e. The molecule has 5 nitrogen and oxygen atoms in total. The number of nitro benzene ring substituents is 1. The summed E-state index contributed by atoms with van der Waals surface area (Å²) in [5.41, 5.74) is 0.361. The lowest BCUT2D eigenvalue weighted by atomic mass is 10.1. The van der Waals surface area contributed by atoms with Crippen molar-refractivity contribution in [3.05, 3.63) is 46.5 Å². The Morgan fingerprint density at radius 2 is 2.35 bits per heavy atom. The van der Waals surface area contributed by atoms with Crippen LogP contribution in [0.5, 0.6) is 5.75 Å². The molecule has 92 valence electrons. The Labute approximate surface area is 99.5 Å². The lowest BCUT2D eigenvalue weighted by Gasteiger charge is -2.12. The predicted molar refractivity (Wildman–Crippen MR) is 64.0 cm³/mol. The molecule has 0 aliphatic heterocycles. The van der Waals surface area contributed by atoms with E-state index in [-0.39, 0.29) is 5.69 Å². The van der Waals surface area contributed by atoms with Crippen LogP contribution in [-0.4, -0.2) is 16.6 Å². The molecule has 0 fully saturated rings. The normalized spacial score (nSPS) is 11.9. The van der Waals surface area contributed by atoms with E-state index in [2.05, 4.69) is 6.58 Å². The summed E-state index contributed by atoms with van der Waals surface area (Å²) in [5.74, 6) is 0.465. The Morgan fingerprint density at radius 3 is 2.88 bits per heavy atom. The van der Waals surface area contributed by atoms with E-state index in [4.69, 9.17) is 4.74 Å². The number of aliphatic hydroxyl groups excluding tert-OH is 1. The van der Waals surface area contributed by atoms with Crippen molar-refractivity contribution in [3.63, 3.8) is 0 Å². The second-order valence-electron chi connectivity index (χ2n) is 3.58. The molecule has 1 N–H and O–H groups in total. The molecule has 5 heteroatoms. The van der Waals surface area contributed by atoms with Crippen LogP contribution in [0.1, 0.15) is 25.0 Å². The van der Waals surface area contributed by atoms with Crippen molar-refractivity contribution in [1.82, 2.24) is 0 Å². The second-order valence-corrected chi connectivity index (χ2v) is 3.58. The first-order chi connectivity index (χ1) is 8.06. The highest BCUT2D eigenvalue weighted by atomic mass is 16.6. The summed E-state index contributed by atoms with van der Waals surface area (Å²) < 4.78 is 5.42. The molecule has 0 aliphatic carbocycles. The third-order valence-electron chi connectivity index (χ3n) is 2.23. The monoisotopic (exact) mass is 237 g/mol. The Balaban J connectivity index is 2.96. The molecule has 1 atom stereocenters. The number of nitro groups is 1. The third-order valence-corrected chi connectivity index (χ3v) is 2.23. The zero-order chi connectivity index (χ0) is 12.8. The first-order valence-corrected chi connectivity index (χ1v) is 5.26. The van der Waals surface area contributed by atoms with Crippen molar-refractivity contribution >= 4 is 5.69 Å². The van der Waals surface area contributed by atoms with E-state index in [0.717, 1.165) is 0 Å². The number of ether oxygens (including phenoxy) is 1. The fraction of sp³-hybridized carbons (Fsp3) is 0.333. The summed E-state index contributed by atoms with van der Waals surface area (Å²) in [5, 5.41) is 20.2. The van der Waals surface area contributed by atoms with Crippen LogP contribution in [0.2, 0.25) is 0 Å². The van der Waals surface area contributed by atoms with Crippen molar-refractivity contribution in [2.45, 2.75) is 19.4 Å². The molecule has 0 radical (unpaired) electrons. The van der Waals surface area contributed by atoms with Crippen molar-refractivity contribution in [2.75, 3.05) is 6.61 Å². The lowest BCUT2D eigenvalue weighted by Crippen LogP contribution is -2.02. The zero-order valence-electron chi connectivity index (χ0n) is 9.63. The molecule has 17 heavy (non-hydrogen) atoms. The minimum atomic E-state index is -0.811. The lowest BCUT2D eigenvalue weighted by molar-refractivity contribution is -0.385. The SMILES string of the molecule is C=CCCOc1ccc([N+](=O)[O-])cc1[C@H](C)O. The van der Waals surface area contributed by atoms with Crippen molar-refractivity contribution < 1.29 is 14.8 Å². The maximum Gasteiger partial charge on any atom is 0.270 e. The van der Waals surface area contributed by atoms with Gasteiger partial charge in [0.15, 0.2) is 0 Å². The molecule has 1 aromatic carbocycles. The van der Waals surface area contributed by atoms with Gasteiger partial charge in [-0.25, -0.2) is 0 Å². The average Bonchev–Trinajstić information content (AvgIpc) is 2.29. The largest absolute Gasteiger partial charge is 0.493 e. The van der Waals surface area contributed by atoms with Gasteiger partial charge in [-0.05, 0) is 19.4 Å². The quantitative estimate of drug-likeness (QED) is 0.357. The number of non-ortho nitro benzene ring substituents is 1. The van der Waals surface area contributed by atoms with Gasteiger partial charge in [0.05, 0.1) is 17.6 Å². The summed E-state index contributed by atoms with van der Waals surface area (Å²) in [6.07, 6.45) is 1.58. The molecule has 0 bridgehead atoms. The fourth-order valence-corrected chi connectivity index (χ4v) is 1.36. The van der Waals surface area contributed by atoms with Crippen LogP contribution in [0.4, 0.5) is 5.69 Å². The Kier molecular flexibility index (Phi) is 4.66. The molecule has 0 aliphatic rings. The Bertz CT molecular complexity index is 415. The van der Waals surface area contributed by atoms with Gasteiger partial charge >= 0.3 is 0 Å². The second kappa shape index (κ2) is 6.00. The first-order valence-electron chi connectivity index (χ1n) is 5.26. The molecular weight excluding hydrogens is 222 g/mol. The number of benzene rings is 1. The van der Waals surface area contributed by atoms with Crippen LogP contribution >= 0.6 is 0 Å². The highest BCUT2D eigenvalue weighted by Crippen LogP contribution is 2.29. The number of hydrogen-bond donors (Lipinski definition) is 1. The Morgan fingerprint density at radius 1 is 1.65 bits per heavy atom. The number of aliphatic hydroxyl groups is 1. The van der Waals surface area contributed by atoms with Crippen LogP contribution in [-0.2, 0) is 0 Å². The maximum absolute atomic E-state index is 10.6. The van der Waals surface area contributed by atoms with Gasteiger partial charge in [-0.3, -0.25) is 10.1 Å². The molecule has 0 spiro atoms. The van der Waals surface area contributed by atoms with Gasteiger partial charge in [-0.2, -0.15) is 0 Å². The highest BCUT2D eigenvalue weighted by Gasteiger charge is 2.15. The van der Waals surface area contributed by atoms with E-state index in [1.54, 1.807) is 13.0 Å². The summed E-state index contributed by atoms with van der Waals surface area (Å²) in [4.78, 5) is 10.1. The molecule has 0 saturated carbocycles. The van der Waals surface area contributed by atoms with E-state index in [1.807, 2.05) is 0 Å². The maximum atomic E-state index is 10.6. The third kappa shape index (κ3) is 3.57. The summed E-state index contributed by atoms with van der Waals surface area (Å²) >= 11 is 0. The van der Waals surface area contributed by atoms with Crippen LogP contribution in [0.25, 0.3) is 0 Å². The number of rotatable bonds is 6. The van der Waals surface area contributed by atoms with Crippen LogP contribution < -0.4 is 4.74 Å². The summed E-state index contributed by atoms with van der Waals surface area (Å²) in [6.45, 7) is 5.54. The van der Waals surface area contributed by atoms with E-state index >= 15 is 0 Å². The van der Waals surface area contributed by atoms with Crippen LogP contribution in [0.3, 0.4) is 0 Å². The van der Waals surface area contributed by atoms with Gasteiger partial charge in [0.2, 0.25) is 0 Å². The number of nitrogens with zero attached hydrogens (tertiary/aromatic N) is 1. The fourth-order valence-electron chi connectivity index (χ4n) is 1.36. The molecule has 0 aromatic heterocycles. The van der Waals surface area contributed by atoms with E-state index in [0.29, 0.717) is 24.3 Å². The minimum Gasteiger partial charge on any atom is -0.493 e. The first kappa shape index (κ1) is 13.2. The standard InChI is InChI=1S/C12H15NO4/c1-3-4-7-17-12-6-5-10(13(15)16)8-11(12)9(2)14/h3,5-6,8-9,14H,1,4,7H2,2H3/t9-/m0/s1. The minimum absolute atomic E-state index is 0.0584. The molecular formula is C12H15NO4. The predicted octanol–water partition coefficient (Wildman–Crippen LogP) is 2.60. The molecule has 0 amide bonds.